The molecule has 0 aliphatic rings. The monoisotopic (exact) mass is 253 g/mol. The second-order valence-corrected chi connectivity index (χ2v) is 7.41. The zero-order valence-electron chi connectivity index (χ0n) is 11.4. The topological polar surface area (TPSA) is 37.8 Å². The lowest BCUT2D eigenvalue weighted by Crippen LogP contribution is -2.19. The molecule has 0 bridgehead atoms. The standard InChI is InChI=1S/C13H23N3S/c1-10(2)6-14-7-11-8-15-12(16-9-11)17-13(3,4)5/h8-10,14H,6-7H2,1-5H3. The first-order valence-electron chi connectivity index (χ1n) is 6.07. The smallest absolute Gasteiger partial charge is 0.187 e. The third kappa shape index (κ3) is 6.64. The predicted octanol–water partition coefficient (Wildman–Crippen LogP) is 3.11. The van der Waals surface area contributed by atoms with Crippen molar-refractivity contribution in [3.63, 3.8) is 0 Å². The molecule has 3 nitrogen and oxygen atoms in total. The first-order valence-corrected chi connectivity index (χ1v) is 6.89. The third-order valence-electron chi connectivity index (χ3n) is 1.96. The molecule has 0 atom stereocenters. The van der Waals surface area contributed by atoms with Crippen molar-refractivity contribution in [1.82, 2.24) is 15.3 Å². The summed E-state index contributed by atoms with van der Waals surface area (Å²) in [6.07, 6.45) is 3.82. The summed E-state index contributed by atoms with van der Waals surface area (Å²) >= 11 is 1.70. The van der Waals surface area contributed by atoms with Gasteiger partial charge in [0.25, 0.3) is 0 Å². The molecular weight excluding hydrogens is 230 g/mol. The van der Waals surface area contributed by atoms with Gasteiger partial charge in [0.2, 0.25) is 0 Å². The lowest BCUT2D eigenvalue weighted by Gasteiger charge is -2.15. The van der Waals surface area contributed by atoms with E-state index < -0.39 is 0 Å². The number of thioether (sulfide) groups is 1. The summed E-state index contributed by atoms with van der Waals surface area (Å²) in [6, 6.07) is 0. The highest BCUT2D eigenvalue weighted by molar-refractivity contribution is 8.00. The van der Waals surface area contributed by atoms with Gasteiger partial charge in [-0.3, -0.25) is 0 Å². The molecule has 96 valence electrons. The van der Waals surface area contributed by atoms with Crippen molar-refractivity contribution in [1.29, 1.82) is 0 Å². The zero-order valence-corrected chi connectivity index (χ0v) is 12.3. The van der Waals surface area contributed by atoms with Crippen LogP contribution in [0.3, 0.4) is 0 Å². The molecule has 4 heteroatoms. The average Bonchev–Trinajstić information content (AvgIpc) is 2.18. The Hall–Kier alpha value is -0.610. The molecule has 0 aromatic carbocycles. The van der Waals surface area contributed by atoms with Gasteiger partial charge in [0, 0.05) is 29.2 Å². The van der Waals surface area contributed by atoms with Crippen LogP contribution in [0.15, 0.2) is 17.6 Å². The number of aromatic nitrogens is 2. The van der Waals surface area contributed by atoms with Crippen LogP contribution >= 0.6 is 11.8 Å². The van der Waals surface area contributed by atoms with E-state index >= 15 is 0 Å². The summed E-state index contributed by atoms with van der Waals surface area (Å²) in [5, 5.41) is 4.23. The van der Waals surface area contributed by atoms with Crippen LogP contribution in [-0.4, -0.2) is 21.3 Å². The van der Waals surface area contributed by atoms with Crippen molar-refractivity contribution < 1.29 is 0 Å². The van der Waals surface area contributed by atoms with E-state index in [2.05, 4.69) is 49.9 Å². The Morgan fingerprint density at radius 3 is 2.29 bits per heavy atom. The highest BCUT2D eigenvalue weighted by Crippen LogP contribution is 2.28. The minimum Gasteiger partial charge on any atom is -0.312 e. The van der Waals surface area contributed by atoms with Gasteiger partial charge in [0.05, 0.1) is 0 Å². The molecule has 1 N–H and O–H groups in total. The maximum Gasteiger partial charge on any atom is 0.187 e. The molecule has 17 heavy (non-hydrogen) atoms. The number of nitrogens with zero attached hydrogens (tertiary/aromatic N) is 2. The normalized spacial score (nSPS) is 12.1. The Morgan fingerprint density at radius 1 is 1.24 bits per heavy atom. The van der Waals surface area contributed by atoms with Gasteiger partial charge >= 0.3 is 0 Å². The van der Waals surface area contributed by atoms with Gasteiger partial charge in [-0.2, -0.15) is 0 Å². The number of rotatable bonds is 5. The number of hydrogen-bond acceptors (Lipinski definition) is 4. The van der Waals surface area contributed by atoms with E-state index in [-0.39, 0.29) is 4.75 Å². The summed E-state index contributed by atoms with van der Waals surface area (Å²) in [6.45, 7) is 12.8. The first-order chi connectivity index (χ1) is 7.87. The minimum absolute atomic E-state index is 0.164. The molecule has 0 fully saturated rings. The van der Waals surface area contributed by atoms with Crippen LogP contribution in [0.4, 0.5) is 0 Å². The number of nitrogens with one attached hydrogen (secondary N) is 1. The van der Waals surface area contributed by atoms with Gasteiger partial charge < -0.3 is 5.32 Å². The van der Waals surface area contributed by atoms with Gasteiger partial charge in [0.15, 0.2) is 5.16 Å². The zero-order chi connectivity index (χ0) is 12.9. The molecular formula is C13H23N3S. The minimum atomic E-state index is 0.164. The van der Waals surface area contributed by atoms with Crippen molar-refractivity contribution in [2.75, 3.05) is 6.54 Å². The van der Waals surface area contributed by atoms with E-state index in [0.29, 0.717) is 5.92 Å². The Kier molecular flexibility index (Phi) is 5.40. The third-order valence-corrected chi connectivity index (χ3v) is 2.97. The van der Waals surface area contributed by atoms with Crippen LogP contribution in [0, 0.1) is 5.92 Å². The highest BCUT2D eigenvalue weighted by atomic mass is 32.2. The fourth-order valence-corrected chi connectivity index (χ4v) is 2.02. The number of hydrogen-bond donors (Lipinski definition) is 1. The second-order valence-electron chi connectivity index (χ2n) is 5.61. The molecule has 1 aromatic heterocycles. The van der Waals surface area contributed by atoms with E-state index in [0.717, 1.165) is 23.8 Å². The van der Waals surface area contributed by atoms with Crippen LogP contribution in [0.1, 0.15) is 40.2 Å². The van der Waals surface area contributed by atoms with Crippen LogP contribution in [0.2, 0.25) is 0 Å². The van der Waals surface area contributed by atoms with Crippen molar-refractivity contribution in [2.45, 2.75) is 51.1 Å². The lowest BCUT2D eigenvalue weighted by atomic mass is 10.2. The summed E-state index contributed by atoms with van der Waals surface area (Å²) in [5.74, 6) is 0.673. The largest absolute Gasteiger partial charge is 0.312 e. The maximum absolute atomic E-state index is 4.37. The van der Waals surface area contributed by atoms with Gasteiger partial charge in [0.1, 0.15) is 0 Å². The summed E-state index contributed by atoms with van der Waals surface area (Å²) in [7, 11) is 0. The van der Waals surface area contributed by atoms with Crippen LogP contribution in [0.5, 0.6) is 0 Å². The van der Waals surface area contributed by atoms with Gasteiger partial charge in [-0.25, -0.2) is 9.97 Å². The SMILES string of the molecule is CC(C)CNCc1cnc(SC(C)(C)C)nc1. The van der Waals surface area contributed by atoms with Gasteiger partial charge in [-0.05, 0) is 12.5 Å². The van der Waals surface area contributed by atoms with Crippen molar-refractivity contribution in [2.24, 2.45) is 5.92 Å². The molecule has 0 saturated carbocycles. The average molecular weight is 253 g/mol. The molecule has 0 unspecified atom stereocenters. The summed E-state index contributed by atoms with van der Waals surface area (Å²) in [5.41, 5.74) is 1.14. The van der Waals surface area contributed by atoms with Crippen molar-refractivity contribution in [3.8, 4) is 0 Å². The fourth-order valence-electron chi connectivity index (χ4n) is 1.27. The fraction of sp³-hybridized carbons (Fsp3) is 0.692. The van der Waals surface area contributed by atoms with E-state index in [9.17, 15) is 0 Å². The molecule has 0 aliphatic carbocycles. The van der Waals surface area contributed by atoms with E-state index in [1.165, 1.54) is 0 Å². The van der Waals surface area contributed by atoms with E-state index in [1.54, 1.807) is 11.8 Å². The Morgan fingerprint density at radius 2 is 1.82 bits per heavy atom. The molecule has 0 spiro atoms. The molecule has 0 amide bonds. The van der Waals surface area contributed by atoms with Crippen molar-refractivity contribution >= 4 is 11.8 Å². The second kappa shape index (κ2) is 6.36. The highest BCUT2D eigenvalue weighted by Gasteiger charge is 2.13. The lowest BCUT2D eigenvalue weighted by molar-refractivity contribution is 0.550. The van der Waals surface area contributed by atoms with Gasteiger partial charge in [-0.15, -0.1) is 0 Å². The summed E-state index contributed by atoms with van der Waals surface area (Å²) < 4.78 is 0.164. The Balaban J connectivity index is 2.45. The molecule has 1 heterocycles. The Bertz CT molecular complexity index is 328. The molecule has 0 saturated heterocycles. The quantitative estimate of drug-likeness (QED) is 0.646. The molecule has 0 radical (unpaired) electrons. The maximum atomic E-state index is 4.37. The predicted molar refractivity (Wildman–Crippen MR) is 74.2 cm³/mol. The van der Waals surface area contributed by atoms with Crippen LogP contribution in [0.25, 0.3) is 0 Å². The molecule has 1 aromatic rings. The van der Waals surface area contributed by atoms with Gasteiger partial charge in [-0.1, -0.05) is 46.4 Å². The first kappa shape index (κ1) is 14.5. The van der Waals surface area contributed by atoms with E-state index in [1.807, 2.05) is 12.4 Å². The summed E-state index contributed by atoms with van der Waals surface area (Å²) in [4.78, 5) is 8.75. The van der Waals surface area contributed by atoms with Crippen molar-refractivity contribution in [3.05, 3.63) is 18.0 Å². The molecule has 0 aliphatic heterocycles. The van der Waals surface area contributed by atoms with E-state index in [4.69, 9.17) is 0 Å². The van der Waals surface area contributed by atoms with Crippen LogP contribution in [-0.2, 0) is 6.54 Å². The Labute approximate surface area is 109 Å². The van der Waals surface area contributed by atoms with Crippen LogP contribution < -0.4 is 5.32 Å². The molecule has 1 rings (SSSR count).